The van der Waals surface area contributed by atoms with Crippen molar-refractivity contribution in [1.82, 2.24) is 24.6 Å². The first-order valence-corrected chi connectivity index (χ1v) is 10.2. The Morgan fingerprint density at radius 2 is 2.10 bits per heavy atom. The minimum atomic E-state index is -0.490. The lowest BCUT2D eigenvalue weighted by Crippen LogP contribution is -2.34. The van der Waals surface area contributed by atoms with Crippen LogP contribution in [0.4, 0.5) is 0 Å². The Morgan fingerprint density at radius 1 is 1.31 bits per heavy atom. The van der Waals surface area contributed by atoms with Crippen LogP contribution in [0.2, 0.25) is 0 Å². The molecule has 1 atom stereocenters. The monoisotopic (exact) mass is 413 g/mol. The Kier molecular flexibility index (Phi) is 5.34. The molecule has 0 bridgehead atoms. The van der Waals surface area contributed by atoms with E-state index < -0.39 is 5.97 Å². The van der Waals surface area contributed by atoms with Gasteiger partial charge in [0.05, 0.1) is 24.5 Å². The van der Waals surface area contributed by atoms with Crippen LogP contribution in [0.1, 0.15) is 19.4 Å². The van der Waals surface area contributed by atoms with E-state index in [1.54, 1.807) is 16.2 Å². The summed E-state index contributed by atoms with van der Waals surface area (Å²) in [5, 5.41) is 7.81. The number of benzene rings is 1. The highest BCUT2D eigenvalue weighted by molar-refractivity contribution is 7.99. The normalized spacial score (nSPS) is 15.3. The SMILES string of the molecule is CCOC(=O)CNC(=O)CC1CSc2nc3c(cnn3-c3ccccc3)c(=O)n21. The Labute approximate surface area is 170 Å². The number of nitrogens with one attached hydrogen (secondary N) is 1. The van der Waals surface area contributed by atoms with Crippen LogP contribution in [0.5, 0.6) is 0 Å². The van der Waals surface area contributed by atoms with Gasteiger partial charge < -0.3 is 10.1 Å². The van der Waals surface area contributed by atoms with Crippen molar-refractivity contribution in [3.8, 4) is 5.69 Å². The molecular weight excluding hydrogens is 394 g/mol. The number of rotatable bonds is 6. The van der Waals surface area contributed by atoms with Crippen molar-refractivity contribution >= 4 is 34.7 Å². The Morgan fingerprint density at radius 3 is 2.86 bits per heavy atom. The fourth-order valence-corrected chi connectivity index (χ4v) is 4.34. The summed E-state index contributed by atoms with van der Waals surface area (Å²) in [6, 6.07) is 9.14. The number of aromatic nitrogens is 4. The van der Waals surface area contributed by atoms with Gasteiger partial charge in [-0.25, -0.2) is 9.67 Å². The molecule has 1 aliphatic rings. The lowest BCUT2D eigenvalue weighted by atomic mass is 10.2. The summed E-state index contributed by atoms with van der Waals surface area (Å²) >= 11 is 1.43. The maximum Gasteiger partial charge on any atom is 0.325 e. The highest BCUT2D eigenvalue weighted by atomic mass is 32.2. The standard InChI is InChI=1S/C19H19N5O4S/c1-2-28-16(26)10-20-15(25)8-13-11-29-19-22-17-14(18(27)23(13)19)9-21-24(17)12-6-4-3-5-7-12/h3-7,9,13H,2,8,10-11H2,1H3,(H,20,25). The molecule has 0 saturated heterocycles. The predicted molar refractivity (Wildman–Crippen MR) is 107 cm³/mol. The second-order valence-electron chi connectivity index (χ2n) is 6.45. The van der Waals surface area contributed by atoms with Crippen molar-refractivity contribution in [2.75, 3.05) is 18.9 Å². The van der Waals surface area contributed by atoms with Gasteiger partial charge in [-0.05, 0) is 19.1 Å². The first-order chi connectivity index (χ1) is 14.1. The number of esters is 1. The van der Waals surface area contributed by atoms with E-state index in [1.807, 2.05) is 30.3 Å². The lowest BCUT2D eigenvalue weighted by molar-refractivity contribution is -0.143. The Bertz CT molecular complexity index is 1120. The zero-order valence-electron chi connectivity index (χ0n) is 15.7. The molecule has 1 unspecified atom stereocenters. The molecule has 4 rings (SSSR count). The first-order valence-electron chi connectivity index (χ1n) is 9.19. The summed E-state index contributed by atoms with van der Waals surface area (Å²) < 4.78 is 7.98. The second-order valence-corrected chi connectivity index (χ2v) is 7.44. The smallest absolute Gasteiger partial charge is 0.325 e. The van der Waals surface area contributed by atoms with E-state index in [9.17, 15) is 14.4 Å². The number of nitrogens with zero attached hydrogens (tertiary/aromatic N) is 4. The minimum absolute atomic E-state index is 0.0827. The van der Waals surface area contributed by atoms with Gasteiger partial charge in [0.2, 0.25) is 5.91 Å². The van der Waals surface area contributed by atoms with Crippen LogP contribution in [0.25, 0.3) is 16.7 Å². The van der Waals surface area contributed by atoms with E-state index in [0.29, 0.717) is 21.9 Å². The molecule has 1 amide bonds. The van der Waals surface area contributed by atoms with Crippen molar-refractivity contribution in [2.24, 2.45) is 0 Å². The third-order valence-corrected chi connectivity index (χ3v) is 5.63. The Balaban J connectivity index is 1.58. The van der Waals surface area contributed by atoms with E-state index in [2.05, 4.69) is 15.4 Å². The highest BCUT2D eigenvalue weighted by Crippen LogP contribution is 2.33. The van der Waals surface area contributed by atoms with Gasteiger partial charge in [-0.3, -0.25) is 19.0 Å². The maximum absolute atomic E-state index is 13.1. The molecule has 9 nitrogen and oxygen atoms in total. The van der Waals surface area contributed by atoms with Crippen molar-refractivity contribution < 1.29 is 14.3 Å². The average molecular weight is 413 g/mol. The number of para-hydroxylation sites is 1. The Hall–Kier alpha value is -3.14. The molecule has 0 spiro atoms. The molecule has 2 aromatic heterocycles. The van der Waals surface area contributed by atoms with Crippen LogP contribution in [0, 0.1) is 0 Å². The zero-order valence-corrected chi connectivity index (χ0v) is 16.5. The predicted octanol–water partition coefficient (Wildman–Crippen LogP) is 1.30. The second kappa shape index (κ2) is 8.08. The maximum atomic E-state index is 13.1. The van der Waals surface area contributed by atoms with Crippen LogP contribution in [0.15, 0.2) is 46.5 Å². The number of carbonyl (C=O) groups is 2. The molecule has 29 heavy (non-hydrogen) atoms. The first kappa shape index (κ1) is 19.2. The summed E-state index contributed by atoms with van der Waals surface area (Å²) in [6.45, 7) is 1.77. The minimum Gasteiger partial charge on any atom is -0.465 e. The van der Waals surface area contributed by atoms with Crippen molar-refractivity contribution in [3.05, 3.63) is 46.9 Å². The molecule has 0 fully saturated rings. The van der Waals surface area contributed by atoms with Gasteiger partial charge in [0.15, 0.2) is 10.8 Å². The quantitative estimate of drug-likeness (QED) is 0.479. The molecule has 150 valence electrons. The number of thioether (sulfide) groups is 1. The summed E-state index contributed by atoms with van der Waals surface area (Å²) in [5.74, 6) is -0.250. The van der Waals surface area contributed by atoms with Crippen molar-refractivity contribution in [3.63, 3.8) is 0 Å². The third kappa shape index (κ3) is 3.75. The summed E-state index contributed by atoms with van der Waals surface area (Å²) in [5.41, 5.74) is 1.09. The lowest BCUT2D eigenvalue weighted by Gasteiger charge is -2.13. The van der Waals surface area contributed by atoms with Gasteiger partial charge in [0.25, 0.3) is 5.56 Å². The molecule has 0 saturated carbocycles. The van der Waals surface area contributed by atoms with Gasteiger partial charge in [0.1, 0.15) is 11.9 Å². The topological polar surface area (TPSA) is 108 Å². The fourth-order valence-electron chi connectivity index (χ4n) is 3.21. The van der Waals surface area contributed by atoms with Crippen LogP contribution in [0.3, 0.4) is 0 Å². The number of ether oxygens (including phenoxy) is 1. The van der Waals surface area contributed by atoms with Crippen molar-refractivity contribution in [2.45, 2.75) is 24.5 Å². The number of hydrogen-bond acceptors (Lipinski definition) is 7. The van der Waals surface area contributed by atoms with E-state index in [1.165, 1.54) is 18.0 Å². The van der Waals surface area contributed by atoms with Crippen molar-refractivity contribution in [1.29, 1.82) is 0 Å². The average Bonchev–Trinajstić information content (AvgIpc) is 3.32. The number of amides is 1. The number of hydrogen-bond donors (Lipinski definition) is 1. The molecular formula is C19H19N5O4S. The van der Waals surface area contributed by atoms with E-state index >= 15 is 0 Å². The van der Waals surface area contributed by atoms with Crippen LogP contribution in [-0.4, -0.2) is 50.1 Å². The van der Waals surface area contributed by atoms with Crippen LogP contribution in [-0.2, 0) is 14.3 Å². The van der Waals surface area contributed by atoms with E-state index in [-0.39, 0.29) is 37.1 Å². The van der Waals surface area contributed by atoms with Gasteiger partial charge in [0, 0.05) is 12.2 Å². The third-order valence-electron chi connectivity index (χ3n) is 4.53. The van der Waals surface area contributed by atoms with Gasteiger partial charge in [-0.2, -0.15) is 5.10 Å². The molecule has 10 heteroatoms. The van der Waals surface area contributed by atoms with Gasteiger partial charge >= 0.3 is 5.97 Å². The zero-order chi connectivity index (χ0) is 20.4. The van der Waals surface area contributed by atoms with E-state index in [4.69, 9.17) is 4.74 Å². The molecule has 3 aromatic rings. The van der Waals surface area contributed by atoms with Crippen LogP contribution < -0.4 is 10.9 Å². The van der Waals surface area contributed by atoms with Gasteiger partial charge in [-0.15, -0.1) is 0 Å². The molecule has 1 aliphatic heterocycles. The molecule has 3 heterocycles. The largest absolute Gasteiger partial charge is 0.465 e. The van der Waals surface area contributed by atoms with E-state index in [0.717, 1.165) is 5.69 Å². The molecule has 1 N–H and O–H groups in total. The molecule has 0 radical (unpaired) electrons. The number of carbonyl (C=O) groups excluding carboxylic acids is 2. The molecule has 0 aliphatic carbocycles. The highest BCUT2D eigenvalue weighted by Gasteiger charge is 2.29. The summed E-state index contributed by atoms with van der Waals surface area (Å²) in [6.07, 6.45) is 1.59. The van der Waals surface area contributed by atoms with Crippen LogP contribution >= 0.6 is 11.8 Å². The molecule has 1 aromatic carbocycles. The fraction of sp³-hybridized carbons (Fsp3) is 0.316. The summed E-state index contributed by atoms with van der Waals surface area (Å²) in [7, 11) is 0. The summed E-state index contributed by atoms with van der Waals surface area (Å²) in [4.78, 5) is 41.3. The van der Waals surface area contributed by atoms with Gasteiger partial charge in [-0.1, -0.05) is 30.0 Å². The number of fused-ring (bicyclic) bond motifs is 2.